The van der Waals surface area contributed by atoms with Gasteiger partial charge in [0.2, 0.25) is 6.04 Å². The zero-order valence-corrected chi connectivity index (χ0v) is 8.58. The molecular weight excluding hydrogens is 248 g/mol. The van der Waals surface area contributed by atoms with Crippen LogP contribution in [-0.4, -0.2) is 41.7 Å². The standard InChI is InChI=1S/C8H6N4O6/c13-5-2-4(10-8(18)11-5)12(1-9-2)3(6(14)15)7(16)17/h1,3H,(H,14,15)(H,16,17)(H2,10,11,13,18). The summed E-state index contributed by atoms with van der Waals surface area (Å²) < 4.78 is 0.691. The van der Waals surface area contributed by atoms with Crippen LogP contribution < -0.4 is 11.2 Å². The maximum atomic E-state index is 11.3. The summed E-state index contributed by atoms with van der Waals surface area (Å²) in [5.74, 6) is -3.30. The molecule has 0 spiro atoms. The lowest BCUT2D eigenvalue weighted by Gasteiger charge is -2.08. The lowest BCUT2D eigenvalue weighted by molar-refractivity contribution is -0.153. The van der Waals surface area contributed by atoms with Crippen molar-refractivity contribution in [1.29, 1.82) is 0 Å². The van der Waals surface area contributed by atoms with Gasteiger partial charge in [-0.05, 0) is 0 Å². The van der Waals surface area contributed by atoms with Gasteiger partial charge < -0.3 is 10.2 Å². The number of fused-ring (bicyclic) bond motifs is 1. The van der Waals surface area contributed by atoms with Crippen molar-refractivity contribution in [1.82, 2.24) is 19.5 Å². The minimum Gasteiger partial charge on any atom is -0.479 e. The van der Waals surface area contributed by atoms with E-state index in [-0.39, 0.29) is 11.2 Å². The van der Waals surface area contributed by atoms with E-state index in [0.717, 1.165) is 6.33 Å². The fourth-order valence-corrected chi connectivity index (χ4v) is 1.49. The summed E-state index contributed by atoms with van der Waals surface area (Å²) in [6, 6.07) is -1.98. The Morgan fingerprint density at radius 2 is 1.83 bits per heavy atom. The number of hydrogen-bond acceptors (Lipinski definition) is 5. The van der Waals surface area contributed by atoms with Crippen molar-refractivity contribution in [2.75, 3.05) is 0 Å². The maximum absolute atomic E-state index is 11.3. The lowest BCUT2D eigenvalue weighted by atomic mass is 10.3. The molecule has 0 bridgehead atoms. The Balaban J connectivity index is 2.80. The highest BCUT2D eigenvalue weighted by molar-refractivity contribution is 5.96. The van der Waals surface area contributed by atoms with Gasteiger partial charge in [0.1, 0.15) is 5.65 Å². The second kappa shape index (κ2) is 3.84. The molecule has 2 aromatic rings. The third-order valence-electron chi connectivity index (χ3n) is 2.21. The van der Waals surface area contributed by atoms with Gasteiger partial charge in [0.25, 0.3) is 5.56 Å². The number of nitrogens with zero attached hydrogens (tertiary/aromatic N) is 2. The Hall–Kier alpha value is -2.91. The predicted octanol–water partition coefficient (Wildman–Crippen LogP) is -1.88. The second-order valence-corrected chi connectivity index (χ2v) is 3.34. The molecule has 0 radical (unpaired) electrons. The minimum absolute atomic E-state index is 0.248. The van der Waals surface area contributed by atoms with E-state index in [1.54, 1.807) is 0 Å². The molecule has 2 aromatic heterocycles. The van der Waals surface area contributed by atoms with Crippen LogP contribution in [0.25, 0.3) is 11.2 Å². The first-order valence-corrected chi connectivity index (χ1v) is 4.56. The molecule has 0 amide bonds. The van der Waals surface area contributed by atoms with E-state index in [9.17, 15) is 19.2 Å². The van der Waals surface area contributed by atoms with Gasteiger partial charge >= 0.3 is 17.6 Å². The van der Waals surface area contributed by atoms with Crippen LogP contribution in [0.4, 0.5) is 0 Å². The van der Waals surface area contributed by atoms with Gasteiger partial charge in [-0.3, -0.25) is 19.3 Å². The fraction of sp³-hybridized carbons (Fsp3) is 0.125. The van der Waals surface area contributed by atoms with E-state index in [1.807, 2.05) is 4.98 Å². The number of nitrogens with one attached hydrogen (secondary N) is 2. The Kier molecular flexibility index (Phi) is 2.47. The number of rotatable bonds is 3. The largest absolute Gasteiger partial charge is 0.479 e. The van der Waals surface area contributed by atoms with Crippen LogP contribution in [0.3, 0.4) is 0 Å². The molecule has 0 fully saturated rings. The van der Waals surface area contributed by atoms with Crippen LogP contribution in [0.5, 0.6) is 0 Å². The molecule has 4 N–H and O–H groups in total. The van der Waals surface area contributed by atoms with E-state index in [0.29, 0.717) is 4.57 Å². The van der Waals surface area contributed by atoms with Crippen molar-refractivity contribution in [2.45, 2.75) is 6.04 Å². The highest BCUT2D eigenvalue weighted by atomic mass is 16.4. The number of carboxylic acids is 2. The molecule has 0 saturated heterocycles. The van der Waals surface area contributed by atoms with Gasteiger partial charge in [0, 0.05) is 0 Å². The van der Waals surface area contributed by atoms with E-state index < -0.39 is 29.2 Å². The lowest BCUT2D eigenvalue weighted by Crippen LogP contribution is -2.29. The summed E-state index contributed by atoms with van der Waals surface area (Å²) in [7, 11) is 0. The van der Waals surface area contributed by atoms with Crippen molar-refractivity contribution < 1.29 is 19.8 Å². The number of hydrogen-bond donors (Lipinski definition) is 4. The third-order valence-corrected chi connectivity index (χ3v) is 2.21. The number of aromatic amines is 2. The average Bonchev–Trinajstić information content (AvgIpc) is 2.61. The van der Waals surface area contributed by atoms with Crippen LogP contribution in [-0.2, 0) is 9.59 Å². The Bertz CT molecular complexity index is 739. The third kappa shape index (κ3) is 1.65. The molecule has 0 aliphatic heterocycles. The molecule has 0 aliphatic rings. The first kappa shape index (κ1) is 11.6. The van der Waals surface area contributed by atoms with E-state index in [1.165, 1.54) is 0 Å². The molecule has 0 unspecified atom stereocenters. The zero-order valence-electron chi connectivity index (χ0n) is 8.58. The Labute approximate surface area is 96.5 Å². The summed E-state index contributed by atoms with van der Waals surface area (Å²) in [5, 5.41) is 17.6. The van der Waals surface area contributed by atoms with E-state index in [2.05, 4.69) is 9.97 Å². The Morgan fingerprint density at radius 1 is 1.22 bits per heavy atom. The molecule has 0 saturated carbocycles. The summed E-state index contributed by atoms with van der Waals surface area (Å²) in [6.45, 7) is 0. The van der Waals surface area contributed by atoms with Gasteiger partial charge in [-0.1, -0.05) is 0 Å². The molecule has 0 atom stereocenters. The smallest absolute Gasteiger partial charge is 0.338 e. The normalized spacial score (nSPS) is 10.9. The maximum Gasteiger partial charge on any atom is 0.338 e. The number of imidazole rings is 1. The summed E-state index contributed by atoms with van der Waals surface area (Å²) >= 11 is 0. The number of aromatic nitrogens is 4. The van der Waals surface area contributed by atoms with E-state index in [4.69, 9.17) is 10.2 Å². The highest BCUT2D eigenvalue weighted by Crippen LogP contribution is 2.12. The predicted molar refractivity (Wildman–Crippen MR) is 55.3 cm³/mol. The number of aliphatic carboxylic acids is 2. The van der Waals surface area contributed by atoms with Gasteiger partial charge in [0.05, 0.1) is 6.33 Å². The van der Waals surface area contributed by atoms with Crippen LogP contribution in [0, 0.1) is 0 Å². The highest BCUT2D eigenvalue weighted by Gasteiger charge is 2.29. The first-order valence-electron chi connectivity index (χ1n) is 4.56. The molecule has 18 heavy (non-hydrogen) atoms. The molecular formula is C8H6N4O6. The molecule has 10 nitrogen and oxygen atoms in total. The van der Waals surface area contributed by atoms with Crippen molar-refractivity contribution >= 4 is 23.1 Å². The molecule has 2 rings (SSSR count). The van der Waals surface area contributed by atoms with Crippen molar-refractivity contribution in [3.63, 3.8) is 0 Å². The summed E-state index contributed by atoms with van der Waals surface area (Å²) in [4.78, 5) is 51.7. The van der Waals surface area contributed by atoms with Gasteiger partial charge in [0.15, 0.2) is 5.52 Å². The second-order valence-electron chi connectivity index (χ2n) is 3.34. The molecule has 0 aromatic carbocycles. The molecule has 10 heteroatoms. The van der Waals surface area contributed by atoms with Gasteiger partial charge in [-0.2, -0.15) is 0 Å². The molecule has 94 valence electrons. The van der Waals surface area contributed by atoms with Crippen molar-refractivity contribution in [3.05, 3.63) is 27.2 Å². The van der Waals surface area contributed by atoms with Crippen LogP contribution in [0.2, 0.25) is 0 Å². The number of H-pyrrole nitrogens is 2. The minimum atomic E-state index is -1.98. The quantitative estimate of drug-likeness (QED) is 0.466. The topological polar surface area (TPSA) is 158 Å². The van der Waals surface area contributed by atoms with Gasteiger partial charge in [-0.15, -0.1) is 0 Å². The van der Waals surface area contributed by atoms with Crippen LogP contribution in [0.15, 0.2) is 15.9 Å². The molecule has 0 aliphatic carbocycles. The monoisotopic (exact) mass is 254 g/mol. The van der Waals surface area contributed by atoms with Crippen LogP contribution >= 0.6 is 0 Å². The van der Waals surface area contributed by atoms with Gasteiger partial charge in [-0.25, -0.2) is 19.4 Å². The first-order chi connectivity index (χ1) is 8.41. The molecule has 2 heterocycles. The average molecular weight is 254 g/mol. The Morgan fingerprint density at radius 3 is 2.39 bits per heavy atom. The summed E-state index contributed by atoms with van der Waals surface area (Å²) in [6.07, 6.45) is 0.864. The summed E-state index contributed by atoms with van der Waals surface area (Å²) in [5.41, 5.74) is -2.23. The van der Waals surface area contributed by atoms with Crippen LogP contribution in [0.1, 0.15) is 6.04 Å². The van der Waals surface area contributed by atoms with Crippen molar-refractivity contribution in [2.24, 2.45) is 0 Å². The fourth-order valence-electron chi connectivity index (χ4n) is 1.49. The zero-order chi connectivity index (χ0) is 13.4. The number of carboxylic acid groups (broad SMARTS) is 2. The SMILES string of the molecule is O=C(O)C(C(=O)O)n1cnc2c(=O)[nH]c(=O)[nH]c21. The van der Waals surface area contributed by atoms with E-state index >= 15 is 0 Å². The number of carbonyl (C=O) groups is 2. The van der Waals surface area contributed by atoms with Crippen molar-refractivity contribution in [3.8, 4) is 0 Å².